The first-order chi connectivity index (χ1) is 18.3. The summed E-state index contributed by atoms with van der Waals surface area (Å²) in [5, 5.41) is 3.12. The van der Waals surface area contributed by atoms with Crippen LogP contribution in [0.5, 0.6) is 11.5 Å². The van der Waals surface area contributed by atoms with Crippen LogP contribution >= 0.6 is 0 Å². The third kappa shape index (κ3) is 6.98. The van der Waals surface area contributed by atoms with Crippen molar-refractivity contribution in [1.29, 1.82) is 0 Å². The predicted molar refractivity (Wildman–Crippen MR) is 146 cm³/mol. The normalized spacial score (nSPS) is 16.1. The van der Waals surface area contributed by atoms with Gasteiger partial charge in [-0.3, -0.25) is 13.9 Å². The molecule has 9 nitrogen and oxygen atoms in total. The van der Waals surface area contributed by atoms with Crippen molar-refractivity contribution in [1.82, 2.24) is 10.2 Å². The molecule has 4 rings (SSSR count). The lowest BCUT2D eigenvalue weighted by atomic mass is 10.1. The molecule has 0 unspecified atom stereocenters. The second-order valence-corrected chi connectivity index (χ2v) is 11.7. The molecular weight excluding hydrogens is 506 g/mol. The standard InChI is InChI=1S/C28H37N3O6S/c1-3-24(28(33)29-22-11-7-8-12-22)30(16-15-21-9-5-4-6-10-21)27(32)20-31(38(2,34)35)23-13-14-25-26(19-23)37-18-17-36-25/h4-6,9-10,13-14,19,22,24H,3,7-8,11-12,15-18,20H2,1-2H3,(H,29,33)/t24-/m0/s1. The minimum absolute atomic E-state index is 0.118. The molecule has 1 saturated carbocycles. The molecule has 2 aromatic carbocycles. The fourth-order valence-electron chi connectivity index (χ4n) is 5.06. The molecule has 0 aromatic heterocycles. The lowest BCUT2D eigenvalue weighted by Crippen LogP contribution is -2.54. The van der Waals surface area contributed by atoms with Crippen LogP contribution in [0.3, 0.4) is 0 Å². The fraction of sp³-hybridized carbons (Fsp3) is 0.500. The topological polar surface area (TPSA) is 105 Å². The Labute approximate surface area is 225 Å². The Morgan fingerprint density at radius 1 is 1.03 bits per heavy atom. The smallest absolute Gasteiger partial charge is 0.244 e. The number of fused-ring (bicyclic) bond motifs is 1. The van der Waals surface area contributed by atoms with Gasteiger partial charge in [0.25, 0.3) is 0 Å². The van der Waals surface area contributed by atoms with Crippen LogP contribution in [0.2, 0.25) is 0 Å². The molecule has 206 valence electrons. The highest BCUT2D eigenvalue weighted by Crippen LogP contribution is 2.34. The maximum absolute atomic E-state index is 13.8. The fourth-order valence-corrected chi connectivity index (χ4v) is 5.91. The van der Waals surface area contributed by atoms with E-state index < -0.39 is 28.5 Å². The molecule has 0 saturated heterocycles. The number of nitrogens with one attached hydrogen (secondary N) is 1. The Morgan fingerprint density at radius 2 is 1.71 bits per heavy atom. The number of anilines is 1. The van der Waals surface area contributed by atoms with Crippen molar-refractivity contribution < 1.29 is 27.5 Å². The second kappa shape index (κ2) is 12.5. The van der Waals surface area contributed by atoms with Crippen molar-refractivity contribution in [2.24, 2.45) is 0 Å². The number of amides is 2. The molecule has 1 heterocycles. The number of sulfonamides is 1. The van der Waals surface area contributed by atoms with Crippen LogP contribution in [0.1, 0.15) is 44.6 Å². The maximum atomic E-state index is 13.8. The third-order valence-electron chi connectivity index (χ3n) is 7.06. The van der Waals surface area contributed by atoms with Gasteiger partial charge in [-0.2, -0.15) is 0 Å². The van der Waals surface area contributed by atoms with Gasteiger partial charge >= 0.3 is 0 Å². The van der Waals surface area contributed by atoms with Crippen molar-refractivity contribution in [2.75, 3.05) is 36.9 Å². The van der Waals surface area contributed by atoms with Gasteiger partial charge in [-0.25, -0.2) is 8.42 Å². The monoisotopic (exact) mass is 543 g/mol. The number of benzene rings is 2. The van der Waals surface area contributed by atoms with Crippen LogP contribution in [0.4, 0.5) is 5.69 Å². The molecule has 1 N–H and O–H groups in total. The summed E-state index contributed by atoms with van der Waals surface area (Å²) in [5.74, 6) is 0.331. The van der Waals surface area contributed by atoms with Gasteiger partial charge in [0.15, 0.2) is 11.5 Å². The molecule has 38 heavy (non-hydrogen) atoms. The third-order valence-corrected chi connectivity index (χ3v) is 8.21. The van der Waals surface area contributed by atoms with Crippen LogP contribution in [-0.4, -0.2) is 69.8 Å². The first-order valence-electron chi connectivity index (χ1n) is 13.3. The molecule has 1 fully saturated rings. The minimum Gasteiger partial charge on any atom is -0.486 e. The molecule has 0 bridgehead atoms. The molecule has 1 atom stereocenters. The highest BCUT2D eigenvalue weighted by molar-refractivity contribution is 7.92. The molecule has 10 heteroatoms. The molecule has 1 aliphatic carbocycles. The van der Waals surface area contributed by atoms with E-state index in [0.29, 0.717) is 43.2 Å². The van der Waals surface area contributed by atoms with Crippen LogP contribution in [0, 0.1) is 0 Å². The van der Waals surface area contributed by atoms with Crippen molar-refractivity contribution in [3.63, 3.8) is 0 Å². The van der Waals surface area contributed by atoms with E-state index in [1.54, 1.807) is 18.2 Å². The van der Waals surface area contributed by atoms with Crippen LogP contribution in [0.25, 0.3) is 0 Å². The van der Waals surface area contributed by atoms with Gasteiger partial charge in [0.1, 0.15) is 25.8 Å². The van der Waals surface area contributed by atoms with E-state index in [9.17, 15) is 18.0 Å². The first kappa shape index (κ1) is 27.8. The van der Waals surface area contributed by atoms with Gasteiger partial charge in [0.2, 0.25) is 21.8 Å². The number of hydrogen-bond acceptors (Lipinski definition) is 6. The minimum atomic E-state index is -3.82. The quantitative estimate of drug-likeness (QED) is 0.467. The lowest BCUT2D eigenvalue weighted by molar-refractivity contribution is -0.139. The summed E-state index contributed by atoms with van der Waals surface area (Å²) < 4.78 is 37.9. The Bertz CT molecular complexity index is 1210. The summed E-state index contributed by atoms with van der Waals surface area (Å²) in [5.41, 5.74) is 1.33. The number of hydrogen-bond donors (Lipinski definition) is 1. The number of rotatable bonds is 11. The van der Waals surface area contributed by atoms with E-state index in [1.807, 2.05) is 37.3 Å². The van der Waals surface area contributed by atoms with Crippen molar-refractivity contribution in [3.05, 3.63) is 54.1 Å². The van der Waals surface area contributed by atoms with E-state index in [4.69, 9.17) is 9.47 Å². The molecule has 2 aliphatic rings. The Hall–Kier alpha value is -3.27. The van der Waals surface area contributed by atoms with E-state index in [0.717, 1.165) is 41.8 Å². The second-order valence-electron chi connectivity index (χ2n) is 9.83. The highest BCUT2D eigenvalue weighted by Gasteiger charge is 2.33. The summed E-state index contributed by atoms with van der Waals surface area (Å²) in [6.07, 6.45) is 6.06. The van der Waals surface area contributed by atoms with Crippen molar-refractivity contribution in [3.8, 4) is 11.5 Å². The van der Waals surface area contributed by atoms with Crippen molar-refractivity contribution in [2.45, 2.75) is 57.5 Å². The van der Waals surface area contributed by atoms with Gasteiger partial charge in [0.05, 0.1) is 11.9 Å². The van der Waals surface area contributed by atoms with E-state index in [2.05, 4.69) is 5.32 Å². The van der Waals surface area contributed by atoms with Crippen molar-refractivity contribution >= 4 is 27.5 Å². The zero-order valence-electron chi connectivity index (χ0n) is 22.1. The largest absolute Gasteiger partial charge is 0.486 e. The Kier molecular flexibility index (Phi) is 9.14. The summed E-state index contributed by atoms with van der Waals surface area (Å²) in [7, 11) is -3.82. The maximum Gasteiger partial charge on any atom is 0.244 e. The summed E-state index contributed by atoms with van der Waals surface area (Å²) in [6.45, 7) is 2.50. The van der Waals surface area contributed by atoms with Gasteiger partial charge < -0.3 is 19.7 Å². The SMILES string of the molecule is CC[C@@H](C(=O)NC1CCCC1)N(CCc1ccccc1)C(=O)CN(c1ccc2c(c1)OCCO2)S(C)(=O)=O. The molecular formula is C28H37N3O6S. The van der Waals surface area contributed by atoms with Gasteiger partial charge in [0, 0.05) is 18.7 Å². The predicted octanol–water partition coefficient (Wildman–Crippen LogP) is 3.13. The average molecular weight is 544 g/mol. The average Bonchev–Trinajstić information content (AvgIpc) is 3.42. The first-order valence-corrected chi connectivity index (χ1v) is 15.1. The summed E-state index contributed by atoms with van der Waals surface area (Å²) in [4.78, 5) is 28.7. The number of carbonyl (C=O) groups is 2. The lowest BCUT2D eigenvalue weighted by Gasteiger charge is -2.33. The molecule has 2 amide bonds. The summed E-state index contributed by atoms with van der Waals surface area (Å²) >= 11 is 0. The van der Waals surface area contributed by atoms with Gasteiger partial charge in [-0.15, -0.1) is 0 Å². The molecule has 1 aliphatic heterocycles. The van der Waals surface area contributed by atoms with Crippen LogP contribution in [-0.2, 0) is 26.0 Å². The van der Waals surface area contributed by atoms with Gasteiger partial charge in [-0.1, -0.05) is 50.1 Å². The van der Waals surface area contributed by atoms with Crippen LogP contribution in [0.15, 0.2) is 48.5 Å². The summed E-state index contributed by atoms with van der Waals surface area (Å²) in [6, 6.07) is 14.0. The molecule has 0 radical (unpaired) electrons. The molecule has 0 spiro atoms. The van der Waals surface area contributed by atoms with Gasteiger partial charge in [-0.05, 0) is 43.4 Å². The number of ether oxygens (including phenoxy) is 2. The van der Waals surface area contributed by atoms with E-state index >= 15 is 0 Å². The molecule has 2 aromatic rings. The zero-order chi connectivity index (χ0) is 27.1. The van der Waals surface area contributed by atoms with Crippen LogP contribution < -0.4 is 19.1 Å². The number of nitrogens with zero attached hydrogens (tertiary/aromatic N) is 2. The Balaban J connectivity index is 1.58. The number of carbonyl (C=O) groups excluding carboxylic acids is 2. The van der Waals surface area contributed by atoms with E-state index in [1.165, 1.54) is 4.90 Å². The Morgan fingerprint density at radius 3 is 2.37 bits per heavy atom. The highest BCUT2D eigenvalue weighted by atomic mass is 32.2. The zero-order valence-corrected chi connectivity index (χ0v) is 22.9. The van der Waals surface area contributed by atoms with E-state index in [-0.39, 0.29) is 18.5 Å².